The highest BCUT2D eigenvalue weighted by Crippen LogP contribution is 2.35. The summed E-state index contributed by atoms with van der Waals surface area (Å²) in [6, 6.07) is 19.1. The van der Waals surface area contributed by atoms with Crippen LogP contribution in [0.2, 0.25) is 0 Å². The summed E-state index contributed by atoms with van der Waals surface area (Å²) >= 11 is 0. The van der Waals surface area contributed by atoms with Gasteiger partial charge >= 0.3 is 0 Å². The molecule has 0 saturated heterocycles. The van der Waals surface area contributed by atoms with E-state index in [0.717, 1.165) is 48.1 Å². The Bertz CT molecular complexity index is 1370. The third-order valence-corrected chi connectivity index (χ3v) is 7.74. The largest absolute Gasteiger partial charge is 0.322 e. The average Bonchev–Trinajstić information content (AvgIpc) is 3.36. The Kier molecular flexibility index (Phi) is 7.79. The predicted octanol–water partition coefficient (Wildman–Crippen LogP) is 5.60. The normalized spacial score (nSPS) is 15.6. The minimum Gasteiger partial charge on any atom is -0.322 e. The molecule has 0 bridgehead atoms. The monoisotopic (exact) mass is 498 g/mol. The maximum absolute atomic E-state index is 13.2. The van der Waals surface area contributed by atoms with Crippen LogP contribution in [0, 0.1) is 12.8 Å². The summed E-state index contributed by atoms with van der Waals surface area (Å²) in [5, 5.41) is 14.1. The fourth-order valence-corrected chi connectivity index (χ4v) is 5.84. The topological polar surface area (TPSA) is 79.7 Å². The first kappa shape index (κ1) is 25.3. The number of H-pyrrole nitrogens is 1. The molecule has 4 aromatic rings. The Hall–Kier alpha value is -3.32. The van der Waals surface area contributed by atoms with E-state index >= 15 is 0 Å². The second kappa shape index (κ2) is 11.4. The summed E-state index contributed by atoms with van der Waals surface area (Å²) in [7, 11) is 0. The highest BCUT2D eigenvalue weighted by Gasteiger charge is 2.34. The molecule has 0 spiro atoms. The van der Waals surface area contributed by atoms with Crippen LogP contribution in [0.4, 0.5) is 0 Å². The van der Waals surface area contributed by atoms with Gasteiger partial charge in [-0.1, -0.05) is 75.1 Å². The second-order valence-corrected chi connectivity index (χ2v) is 10.9. The Morgan fingerprint density at radius 2 is 1.84 bits per heavy atom. The van der Waals surface area contributed by atoms with E-state index in [2.05, 4.69) is 82.6 Å². The molecule has 1 N–H and O–H groups in total. The van der Waals surface area contributed by atoms with E-state index in [1.807, 2.05) is 22.9 Å². The molecule has 194 valence electrons. The number of tetrazole rings is 1. The van der Waals surface area contributed by atoms with Crippen molar-refractivity contribution in [3.05, 3.63) is 87.5 Å². The molecule has 1 fully saturated rings. The van der Waals surface area contributed by atoms with E-state index in [1.54, 1.807) is 0 Å². The third kappa shape index (κ3) is 5.82. The minimum absolute atomic E-state index is 0.0108. The van der Waals surface area contributed by atoms with E-state index in [0.29, 0.717) is 12.6 Å². The van der Waals surface area contributed by atoms with Gasteiger partial charge in [0.15, 0.2) is 5.82 Å². The molecule has 2 aromatic heterocycles. The number of aromatic amines is 1. The van der Waals surface area contributed by atoms with Crippen LogP contribution in [0.5, 0.6) is 0 Å². The first-order chi connectivity index (χ1) is 18.0. The molecule has 1 aliphatic carbocycles. The lowest BCUT2D eigenvalue weighted by Gasteiger charge is -2.41. The van der Waals surface area contributed by atoms with Crippen molar-refractivity contribution in [3.8, 4) is 0 Å². The number of rotatable bonds is 9. The van der Waals surface area contributed by atoms with Crippen molar-refractivity contribution in [1.29, 1.82) is 0 Å². The molecular formula is C30H38N6O. The van der Waals surface area contributed by atoms with Gasteiger partial charge in [0.2, 0.25) is 0 Å². The lowest BCUT2D eigenvalue weighted by Crippen LogP contribution is -2.43. The van der Waals surface area contributed by atoms with Gasteiger partial charge in [-0.2, -0.15) is 0 Å². The molecular weight excluding hydrogens is 460 g/mol. The summed E-state index contributed by atoms with van der Waals surface area (Å²) in [6.07, 6.45) is 6.87. The van der Waals surface area contributed by atoms with Crippen LogP contribution in [0.1, 0.15) is 74.5 Å². The van der Waals surface area contributed by atoms with Gasteiger partial charge in [-0.3, -0.25) is 9.69 Å². The Labute approximate surface area is 218 Å². The number of fused-ring (bicyclic) bond motifs is 1. The van der Waals surface area contributed by atoms with Crippen LogP contribution >= 0.6 is 0 Å². The lowest BCUT2D eigenvalue weighted by atomic mass is 9.90. The third-order valence-electron chi connectivity index (χ3n) is 7.74. The highest BCUT2D eigenvalue weighted by molar-refractivity contribution is 5.79. The van der Waals surface area contributed by atoms with Crippen LogP contribution in [-0.4, -0.2) is 36.1 Å². The quantitative estimate of drug-likeness (QED) is 0.325. The summed E-state index contributed by atoms with van der Waals surface area (Å²) < 4.78 is 1.97. The zero-order chi connectivity index (χ0) is 25.8. The molecule has 2 heterocycles. The molecule has 5 rings (SSSR count). The Morgan fingerprint density at radius 1 is 1.05 bits per heavy atom. The molecule has 0 amide bonds. The fraction of sp³-hybridized carbons (Fsp3) is 0.467. The van der Waals surface area contributed by atoms with Gasteiger partial charge in [-0.15, -0.1) is 5.10 Å². The number of nitrogens with zero attached hydrogens (tertiary/aromatic N) is 5. The summed E-state index contributed by atoms with van der Waals surface area (Å²) in [5.74, 6) is 1.18. The molecule has 0 unspecified atom stereocenters. The van der Waals surface area contributed by atoms with Gasteiger partial charge in [0.05, 0.1) is 6.04 Å². The van der Waals surface area contributed by atoms with Crippen molar-refractivity contribution in [2.45, 2.75) is 84.5 Å². The van der Waals surface area contributed by atoms with Crippen LogP contribution in [-0.2, 0) is 19.5 Å². The number of hydrogen-bond donors (Lipinski definition) is 1. The molecule has 0 radical (unpaired) electrons. The lowest BCUT2D eigenvalue weighted by molar-refractivity contribution is 0.0608. The van der Waals surface area contributed by atoms with Crippen molar-refractivity contribution in [2.75, 3.05) is 0 Å². The molecule has 1 saturated carbocycles. The van der Waals surface area contributed by atoms with Gasteiger partial charge in [0.25, 0.3) is 5.56 Å². The number of aromatic nitrogens is 5. The van der Waals surface area contributed by atoms with Crippen molar-refractivity contribution >= 4 is 10.9 Å². The SMILES string of the molecule is Cc1ccc2[nH]c(=O)c(CN(C3CCCCC3)[C@@H](c3nnnn3CCc3ccccc3)C(C)C)cc2c1. The molecule has 1 atom stereocenters. The van der Waals surface area contributed by atoms with Crippen LogP contribution in [0.15, 0.2) is 59.4 Å². The van der Waals surface area contributed by atoms with Crippen molar-refractivity contribution in [3.63, 3.8) is 0 Å². The maximum atomic E-state index is 13.2. The van der Waals surface area contributed by atoms with Crippen LogP contribution in [0.25, 0.3) is 10.9 Å². The average molecular weight is 499 g/mol. The van der Waals surface area contributed by atoms with Crippen molar-refractivity contribution in [2.24, 2.45) is 5.92 Å². The number of nitrogens with one attached hydrogen (secondary N) is 1. The van der Waals surface area contributed by atoms with Crippen molar-refractivity contribution < 1.29 is 0 Å². The van der Waals surface area contributed by atoms with E-state index in [-0.39, 0.29) is 17.5 Å². The van der Waals surface area contributed by atoms with Crippen LogP contribution < -0.4 is 5.56 Å². The molecule has 7 nitrogen and oxygen atoms in total. The second-order valence-electron chi connectivity index (χ2n) is 10.9. The molecule has 2 aromatic carbocycles. The highest BCUT2D eigenvalue weighted by atomic mass is 16.1. The zero-order valence-electron chi connectivity index (χ0n) is 22.2. The Morgan fingerprint density at radius 3 is 2.59 bits per heavy atom. The van der Waals surface area contributed by atoms with Crippen molar-refractivity contribution in [1.82, 2.24) is 30.1 Å². The smallest absolute Gasteiger partial charge is 0.252 e. The minimum atomic E-state index is -0.0108. The summed E-state index contributed by atoms with van der Waals surface area (Å²) in [4.78, 5) is 18.9. The fourth-order valence-electron chi connectivity index (χ4n) is 5.84. The van der Waals surface area contributed by atoms with Gasteiger partial charge in [-0.05, 0) is 71.7 Å². The van der Waals surface area contributed by atoms with Crippen LogP contribution in [0.3, 0.4) is 0 Å². The van der Waals surface area contributed by atoms with Gasteiger partial charge in [-0.25, -0.2) is 4.68 Å². The first-order valence-corrected chi connectivity index (χ1v) is 13.7. The first-order valence-electron chi connectivity index (χ1n) is 13.7. The van der Waals surface area contributed by atoms with E-state index < -0.39 is 0 Å². The molecule has 1 aliphatic rings. The summed E-state index contributed by atoms with van der Waals surface area (Å²) in [6.45, 7) is 7.88. The predicted molar refractivity (Wildman–Crippen MR) is 147 cm³/mol. The van der Waals surface area contributed by atoms with Gasteiger partial charge in [0, 0.05) is 30.2 Å². The van der Waals surface area contributed by atoms with E-state index in [4.69, 9.17) is 0 Å². The standard InChI is InChI=1S/C30H38N6O/c1-21(2)28(29-32-33-34-36(29)17-16-23-10-6-4-7-11-23)35(26-12-8-5-9-13-26)20-25-19-24-18-22(3)14-15-27(24)31-30(25)37/h4,6-7,10-11,14-15,18-19,21,26,28H,5,8-9,12-13,16-17,20H2,1-3H3,(H,31,37)/t28-/m1/s1. The molecule has 7 heteroatoms. The van der Waals surface area contributed by atoms with E-state index in [9.17, 15) is 4.79 Å². The number of hydrogen-bond acceptors (Lipinski definition) is 5. The molecule has 0 aliphatic heterocycles. The Balaban J connectivity index is 1.49. The van der Waals surface area contributed by atoms with Gasteiger partial charge in [0.1, 0.15) is 0 Å². The maximum Gasteiger partial charge on any atom is 0.252 e. The zero-order valence-corrected chi connectivity index (χ0v) is 22.2. The van der Waals surface area contributed by atoms with E-state index in [1.165, 1.54) is 30.4 Å². The molecule has 37 heavy (non-hydrogen) atoms. The van der Waals surface area contributed by atoms with Gasteiger partial charge < -0.3 is 4.98 Å². The number of aryl methyl sites for hydroxylation is 3. The number of pyridine rings is 1. The number of benzene rings is 2. The summed E-state index contributed by atoms with van der Waals surface area (Å²) in [5.41, 5.74) is 4.13.